The highest BCUT2D eigenvalue weighted by Crippen LogP contribution is 2.30. The SMILES string of the molecule is Cc1cc(C(=O)N2Cc3cccn3Cc3ccccc32)ccc1NC(=O)c1cccc(C)c1C. The van der Waals surface area contributed by atoms with Gasteiger partial charge in [-0.15, -0.1) is 0 Å². The van der Waals surface area contributed by atoms with Crippen LogP contribution in [0.25, 0.3) is 0 Å². The highest BCUT2D eigenvalue weighted by molar-refractivity contribution is 6.08. The maximum atomic E-state index is 13.7. The third-order valence-electron chi connectivity index (χ3n) is 6.68. The predicted molar refractivity (Wildman–Crippen MR) is 136 cm³/mol. The number of benzene rings is 3. The maximum absolute atomic E-state index is 13.7. The summed E-state index contributed by atoms with van der Waals surface area (Å²) in [5, 5.41) is 3.01. The van der Waals surface area contributed by atoms with Crippen molar-refractivity contribution in [3.05, 3.63) is 118 Å². The molecule has 0 unspecified atom stereocenters. The van der Waals surface area contributed by atoms with Crippen molar-refractivity contribution in [3.63, 3.8) is 0 Å². The van der Waals surface area contributed by atoms with E-state index < -0.39 is 0 Å². The van der Waals surface area contributed by atoms with Crippen LogP contribution in [0.2, 0.25) is 0 Å². The lowest BCUT2D eigenvalue weighted by Gasteiger charge is -2.23. The van der Waals surface area contributed by atoms with E-state index in [0.29, 0.717) is 23.4 Å². The summed E-state index contributed by atoms with van der Waals surface area (Å²) in [5.74, 6) is -0.205. The average molecular weight is 450 g/mol. The lowest BCUT2D eigenvalue weighted by Crippen LogP contribution is -2.30. The molecule has 2 heterocycles. The van der Waals surface area contributed by atoms with Crippen LogP contribution in [0.15, 0.2) is 79.0 Å². The molecule has 4 aromatic rings. The molecule has 5 rings (SSSR count). The lowest BCUT2D eigenvalue weighted by atomic mass is 10.0. The standard InChI is InChI=1S/C29H27N3O2/c1-19-8-6-11-25(21(19)3)28(33)30-26-14-13-22(16-20(26)2)29(34)32-18-24-10-7-15-31(24)17-23-9-4-5-12-27(23)32/h4-16H,17-18H2,1-3H3,(H,30,33). The van der Waals surface area contributed by atoms with Crippen LogP contribution in [-0.2, 0) is 13.1 Å². The zero-order valence-electron chi connectivity index (χ0n) is 19.6. The number of rotatable bonds is 3. The van der Waals surface area contributed by atoms with Crippen molar-refractivity contribution in [1.82, 2.24) is 4.57 Å². The predicted octanol–water partition coefficient (Wildman–Crippen LogP) is 5.87. The van der Waals surface area contributed by atoms with Gasteiger partial charge in [0.15, 0.2) is 0 Å². The molecule has 0 bridgehead atoms. The highest BCUT2D eigenvalue weighted by atomic mass is 16.2. The third kappa shape index (κ3) is 3.90. The second-order valence-corrected chi connectivity index (χ2v) is 8.88. The van der Waals surface area contributed by atoms with Crippen molar-refractivity contribution in [2.45, 2.75) is 33.9 Å². The molecule has 2 amide bonds. The largest absolute Gasteiger partial charge is 0.345 e. The molecule has 5 heteroatoms. The molecule has 5 nitrogen and oxygen atoms in total. The first-order valence-corrected chi connectivity index (χ1v) is 11.4. The number of fused-ring (bicyclic) bond motifs is 2. The summed E-state index contributed by atoms with van der Waals surface area (Å²) in [4.78, 5) is 28.4. The highest BCUT2D eigenvalue weighted by Gasteiger charge is 2.25. The molecule has 170 valence electrons. The van der Waals surface area contributed by atoms with E-state index in [1.165, 1.54) is 0 Å². The quantitative estimate of drug-likeness (QED) is 0.425. The molecule has 0 saturated heterocycles. The first kappa shape index (κ1) is 21.7. The lowest BCUT2D eigenvalue weighted by molar-refractivity contribution is 0.0983. The van der Waals surface area contributed by atoms with Gasteiger partial charge in [-0.2, -0.15) is 0 Å². The zero-order valence-corrected chi connectivity index (χ0v) is 19.6. The molecule has 0 spiro atoms. The first-order valence-electron chi connectivity index (χ1n) is 11.4. The van der Waals surface area contributed by atoms with Crippen LogP contribution in [0.3, 0.4) is 0 Å². The van der Waals surface area contributed by atoms with Gasteiger partial charge in [0.2, 0.25) is 0 Å². The number of amides is 2. The van der Waals surface area contributed by atoms with Crippen molar-refractivity contribution in [2.24, 2.45) is 0 Å². The molecule has 34 heavy (non-hydrogen) atoms. The molecule has 3 aromatic carbocycles. The van der Waals surface area contributed by atoms with Crippen molar-refractivity contribution in [1.29, 1.82) is 0 Å². The molecular formula is C29H27N3O2. The van der Waals surface area contributed by atoms with Crippen LogP contribution >= 0.6 is 0 Å². The van der Waals surface area contributed by atoms with Crippen LogP contribution in [0.5, 0.6) is 0 Å². The number of nitrogens with one attached hydrogen (secondary N) is 1. The van der Waals surface area contributed by atoms with Gasteiger partial charge >= 0.3 is 0 Å². The van der Waals surface area contributed by atoms with Gasteiger partial charge in [0.05, 0.1) is 6.54 Å². The Morgan fingerprint density at radius 3 is 2.47 bits per heavy atom. The minimum absolute atomic E-state index is 0.0578. The van der Waals surface area contributed by atoms with Gasteiger partial charge in [0.25, 0.3) is 11.8 Å². The third-order valence-corrected chi connectivity index (χ3v) is 6.68. The van der Waals surface area contributed by atoms with E-state index in [9.17, 15) is 9.59 Å². The second-order valence-electron chi connectivity index (χ2n) is 8.88. The van der Waals surface area contributed by atoms with Crippen LogP contribution in [0, 0.1) is 20.8 Å². The average Bonchev–Trinajstić information content (AvgIpc) is 3.20. The van der Waals surface area contributed by atoms with Gasteiger partial charge in [0, 0.05) is 40.9 Å². The maximum Gasteiger partial charge on any atom is 0.258 e. The first-order chi connectivity index (χ1) is 16.4. The van der Waals surface area contributed by atoms with Gasteiger partial charge < -0.3 is 14.8 Å². The van der Waals surface area contributed by atoms with E-state index in [4.69, 9.17) is 0 Å². The molecule has 0 fully saturated rings. The van der Waals surface area contributed by atoms with Crippen molar-refractivity contribution < 1.29 is 9.59 Å². The Kier molecular flexibility index (Phi) is 5.54. The summed E-state index contributed by atoms with van der Waals surface area (Å²) in [6.45, 7) is 7.11. The number of carbonyl (C=O) groups is 2. The normalized spacial score (nSPS) is 12.5. The molecule has 1 aliphatic rings. The minimum atomic E-state index is -0.148. The molecule has 0 saturated carbocycles. The van der Waals surface area contributed by atoms with E-state index in [-0.39, 0.29) is 11.8 Å². The summed E-state index contributed by atoms with van der Waals surface area (Å²) in [6, 6.07) is 23.3. The number of anilines is 2. The number of aryl methyl sites for hydroxylation is 2. The Labute approximate surface area is 199 Å². The van der Waals surface area contributed by atoms with E-state index in [2.05, 4.69) is 28.2 Å². The number of carbonyl (C=O) groups excluding carboxylic acids is 2. The molecular weight excluding hydrogens is 422 g/mol. The Bertz CT molecular complexity index is 1420. The Morgan fingerprint density at radius 1 is 0.824 bits per heavy atom. The Balaban J connectivity index is 1.43. The summed E-state index contributed by atoms with van der Waals surface area (Å²) in [5.41, 5.74) is 7.98. The molecule has 1 aromatic heterocycles. The van der Waals surface area contributed by atoms with Crippen molar-refractivity contribution in [2.75, 3.05) is 10.2 Å². The fourth-order valence-electron chi connectivity index (χ4n) is 4.55. The number of aromatic nitrogens is 1. The summed E-state index contributed by atoms with van der Waals surface area (Å²) in [7, 11) is 0. The van der Waals surface area contributed by atoms with Gasteiger partial charge in [-0.3, -0.25) is 9.59 Å². The van der Waals surface area contributed by atoms with Crippen LogP contribution in [0.4, 0.5) is 11.4 Å². The number of nitrogens with zero attached hydrogens (tertiary/aromatic N) is 2. The monoisotopic (exact) mass is 449 g/mol. The molecule has 0 atom stereocenters. The Morgan fingerprint density at radius 2 is 1.65 bits per heavy atom. The topological polar surface area (TPSA) is 54.3 Å². The number of hydrogen-bond donors (Lipinski definition) is 1. The fourth-order valence-corrected chi connectivity index (χ4v) is 4.55. The molecule has 0 aliphatic carbocycles. The molecule has 1 N–H and O–H groups in total. The van der Waals surface area contributed by atoms with Gasteiger partial charge in [-0.1, -0.05) is 30.3 Å². The number of hydrogen-bond acceptors (Lipinski definition) is 2. The van der Waals surface area contributed by atoms with E-state index in [1.807, 2.05) is 80.3 Å². The Hall–Kier alpha value is -4.12. The van der Waals surface area contributed by atoms with Crippen LogP contribution in [-0.4, -0.2) is 16.4 Å². The smallest absolute Gasteiger partial charge is 0.258 e. The summed E-state index contributed by atoms with van der Waals surface area (Å²) >= 11 is 0. The second kappa shape index (κ2) is 8.67. The van der Waals surface area contributed by atoms with Gasteiger partial charge in [-0.25, -0.2) is 0 Å². The van der Waals surface area contributed by atoms with E-state index in [0.717, 1.165) is 40.2 Å². The summed E-state index contributed by atoms with van der Waals surface area (Å²) in [6.07, 6.45) is 2.05. The van der Waals surface area contributed by atoms with Gasteiger partial charge in [0.1, 0.15) is 0 Å². The van der Waals surface area contributed by atoms with E-state index >= 15 is 0 Å². The van der Waals surface area contributed by atoms with Gasteiger partial charge in [-0.05, 0) is 85.5 Å². The minimum Gasteiger partial charge on any atom is -0.345 e. The molecule has 1 aliphatic heterocycles. The van der Waals surface area contributed by atoms with Crippen molar-refractivity contribution in [3.8, 4) is 0 Å². The van der Waals surface area contributed by atoms with Crippen LogP contribution < -0.4 is 10.2 Å². The molecule has 0 radical (unpaired) electrons. The summed E-state index contributed by atoms with van der Waals surface area (Å²) < 4.78 is 2.18. The zero-order chi connectivity index (χ0) is 23.8. The van der Waals surface area contributed by atoms with Crippen molar-refractivity contribution >= 4 is 23.2 Å². The number of para-hydroxylation sites is 1. The van der Waals surface area contributed by atoms with Crippen LogP contribution in [0.1, 0.15) is 48.7 Å². The fraction of sp³-hybridized carbons (Fsp3) is 0.172. The van der Waals surface area contributed by atoms with E-state index in [1.54, 1.807) is 6.07 Å².